The maximum Gasteiger partial charge on any atom is 0.229 e. The molecule has 22 heavy (non-hydrogen) atoms. The molecule has 118 valence electrons. The molecular weight excluding hydrogens is 300 g/mol. The Morgan fingerprint density at radius 3 is 2.41 bits per heavy atom. The molecule has 0 aliphatic carbocycles. The van der Waals surface area contributed by atoms with E-state index in [9.17, 15) is 8.42 Å². The first-order chi connectivity index (χ1) is 10.3. The summed E-state index contributed by atoms with van der Waals surface area (Å²) >= 11 is 0. The quantitative estimate of drug-likeness (QED) is 0.854. The molecule has 0 bridgehead atoms. The fourth-order valence-electron chi connectivity index (χ4n) is 1.82. The zero-order chi connectivity index (χ0) is 16.2. The van der Waals surface area contributed by atoms with Gasteiger partial charge in [-0.3, -0.25) is 4.72 Å². The van der Waals surface area contributed by atoms with Crippen LogP contribution in [-0.2, 0) is 10.0 Å². The summed E-state index contributed by atoms with van der Waals surface area (Å²) in [6, 6.07) is 8.88. The van der Waals surface area contributed by atoms with Gasteiger partial charge in [-0.25, -0.2) is 18.4 Å². The minimum Gasteiger partial charge on any atom is -0.354 e. The van der Waals surface area contributed by atoms with Crippen molar-refractivity contribution in [3.8, 4) is 11.3 Å². The van der Waals surface area contributed by atoms with Crippen LogP contribution in [-0.4, -0.2) is 31.2 Å². The van der Waals surface area contributed by atoms with Crippen molar-refractivity contribution in [1.29, 1.82) is 0 Å². The Hall–Kier alpha value is -2.15. The van der Waals surface area contributed by atoms with E-state index in [4.69, 9.17) is 0 Å². The molecule has 0 aliphatic heterocycles. The number of nitrogens with zero attached hydrogens (tertiary/aromatic N) is 2. The van der Waals surface area contributed by atoms with E-state index in [1.54, 1.807) is 18.3 Å². The molecule has 2 aromatic rings. The molecule has 0 unspecified atom stereocenters. The van der Waals surface area contributed by atoms with Crippen LogP contribution >= 0.6 is 0 Å². The van der Waals surface area contributed by atoms with Gasteiger partial charge in [0.1, 0.15) is 0 Å². The Balaban J connectivity index is 2.16. The van der Waals surface area contributed by atoms with Gasteiger partial charge >= 0.3 is 0 Å². The summed E-state index contributed by atoms with van der Waals surface area (Å²) in [6.45, 7) is 5.04. The zero-order valence-electron chi connectivity index (χ0n) is 12.9. The average molecular weight is 320 g/mol. The van der Waals surface area contributed by atoms with Gasteiger partial charge in [-0.2, -0.15) is 0 Å². The van der Waals surface area contributed by atoms with Gasteiger partial charge < -0.3 is 5.32 Å². The van der Waals surface area contributed by atoms with Crippen molar-refractivity contribution >= 4 is 21.7 Å². The number of rotatable bonds is 6. The maximum absolute atomic E-state index is 11.2. The SMILES string of the molecule is CC(C)CNc1nccc(-c2ccc(NS(C)(=O)=O)cc2)n1. The van der Waals surface area contributed by atoms with E-state index in [1.165, 1.54) is 0 Å². The van der Waals surface area contributed by atoms with E-state index in [2.05, 4.69) is 33.9 Å². The smallest absolute Gasteiger partial charge is 0.229 e. The number of aromatic nitrogens is 2. The number of benzene rings is 1. The summed E-state index contributed by atoms with van der Waals surface area (Å²) < 4.78 is 24.8. The van der Waals surface area contributed by atoms with Crippen LogP contribution in [0.4, 0.5) is 11.6 Å². The van der Waals surface area contributed by atoms with Crippen LogP contribution < -0.4 is 10.0 Å². The number of anilines is 2. The second-order valence-corrected chi connectivity index (χ2v) is 7.24. The van der Waals surface area contributed by atoms with Crippen molar-refractivity contribution in [2.75, 3.05) is 22.8 Å². The lowest BCUT2D eigenvalue weighted by atomic mass is 10.1. The molecule has 0 aliphatic rings. The van der Waals surface area contributed by atoms with Crippen LogP contribution in [0.5, 0.6) is 0 Å². The highest BCUT2D eigenvalue weighted by Gasteiger charge is 2.05. The topological polar surface area (TPSA) is 84.0 Å². The van der Waals surface area contributed by atoms with Crippen molar-refractivity contribution in [1.82, 2.24) is 9.97 Å². The minimum atomic E-state index is -3.26. The summed E-state index contributed by atoms with van der Waals surface area (Å²) in [7, 11) is -3.26. The lowest BCUT2D eigenvalue weighted by molar-refractivity contribution is 0.607. The number of hydrogen-bond donors (Lipinski definition) is 2. The molecular formula is C15H20N4O2S. The average Bonchev–Trinajstić information content (AvgIpc) is 2.44. The van der Waals surface area contributed by atoms with Crippen LogP contribution in [0.2, 0.25) is 0 Å². The van der Waals surface area contributed by atoms with Crippen LogP contribution in [0.25, 0.3) is 11.3 Å². The van der Waals surface area contributed by atoms with Crippen molar-refractivity contribution in [2.45, 2.75) is 13.8 Å². The lowest BCUT2D eigenvalue weighted by Crippen LogP contribution is -2.10. The van der Waals surface area contributed by atoms with Gasteiger partial charge in [0.15, 0.2) is 0 Å². The van der Waals surface area contributed by atoms with E-state index in [1.807, 2.05) is 18.2 Å². The molecule has 2 rings (SSSR count). The first kappa shape index (κ1) is 16.2. The van der Waals surface area contributed by atoms with E-state index < -0.39 is 10.0 Å². The third-order valence-electron chi connectivity index (χ3n) is 2.81. The van der Waals surface area contributed by atoms with Crippen LogP contribution in [0.3, 0.4) is 0 Å². The normalized spacial score (nSPS) is 11.5. The molecule has 0 fully saturated rings. The fourth-order valence-corrected chi connectivity index (χ4v) is 2.39. The predicted octanol–water partition coefficient (Wildman–Crippen LogP) is 2.58. The second kappa shape index (κ2) is 6.74. The van der Waals surface area contributed by atoms with E-state index >= 15 is 0 Å². The number of sulfonamides is 1. The molecule has 1 aromatic heterocycles. The Morgan fingerprint density at radius 2 is 1.82 bits per heavy atom. The standard InChI is InChI=1S/C15H20N4O2S/c1-11(2)10-17-15-16-9-8-14(18-15)12-4-6-13(7-5-12)19-22(3,20)21/h4-9,11,19H,10H2,1-3H3,(H,16,17,18). The van der Waals surface area contributed by atoms with Crippen molar-refractivity contribution < 1.29 is 8.42 Å². The first-order valence-corrected chi connectivity index (χ1v) is 8.88. The monoisotopic (exact) mass is 320 g/mol. The Kier molecular flexibility index (Phi) is 4.97. The summed E-state index contributed by atoms with van der Waals surface area (Å²) in [5.74, 6) is 1.10. The molecule has 7 heteroatoms. The second-order valence-electron chi connectivity index (χ2n) is 5.49. The van der Waals surface area contributed by atoms with Gasteiger partial charge in [-0.05, 0) is 24.1 Å². The highest BCUT2D eigenvalue weighted by atomic mass is 32.2. The fraction of sp³-hybridized carbons (Fsp3) is 0.333. The molecule has 0 saturated heterocycles. The van der Waals surface area contributed by atoms with Crippen LogP contribution in [0.15, 0.2) is 36.5 Å². The van der Waals surface area contributed by atoms with Gasteiger partial charge in [-0.1, -0.05) is 26.0 Å². The van der Waals surface area contributed by atoms with Crippen molar-refractivity contribution in [2.24, 2.45) is 5.92 Å². The Labute approximate surface area is 131 Å². The van der Waals surface area contributed by atoms with Crippen molar-refractivity contribution in [3.05, 3.63) is 36.5 Å². The highest BCUT2D eigenvalue weighted by molar-refractivity contribution is 7.92. The molecule has 0 saturated carbocycles. The largest absolute Gasteiger partial charge is 0.354 e. The predicted molar refractivity (Wildman–Crippen MR) is 89.3 cm³/mol. The third-order valence-corrected chi connectivity index (χ3v) is 3.41. The minimum absolute atomic E-state index is 0.508. The van der Waals surface area contributed by atoms with E-state index in [0.29, 0.717) is 17.6 Å². The third kappa shape index (κ3) is 5.00. The lowest BCUT2D eigenvalue weighted by Gasteiger charge is -2.09. The van der Waals surface area contributed by atoms with Gasteiger partial charge in [0.05, 0.1) is 11.9 Å². The van der Waals surface area contributed by atoms with Crippen LogP contribution in [0.1, 0.15) is 13.8 Å². The molecule has 0 spiro atoms. The maximum atomic E-state index is 11.2. The Morgan fingerprint density at radius 1 is 1.14 bits per heavy atom. The molecule has 1 heterocycles. The summed E-state index contributed by atoms with van der Waals surface area (Å²) in [4.78, 5) is 8.65. The number of hydrogen-bond acceptors (Lipinski definition) is 5. The number of nitrogens with one attached hydrogen (secondary N) is 2. The van der Waals surface area contributed by atoms with E-state index in [0.717, 1.165) is 24.1 Å². The molecule has 0 radical (unpaired) electrons. The molecule has 1 aromatic carbocycles. The van der Waals surface area contributed by atoms with Gasteiger partial charge in [0.2, 0.25) is 16.0 Å². The first-order valence-electron chi connectivity index (χ1n) is 6.98. The van der Waals surface area contributed by atoms with E-state index in [-0.39, 0.29) is 0 Å². The summed E-state index contributed by atoms with van der Waals surface area (Å²) in [6.07, 6.45) is 2.83. The summed E-state index contributed by atoms with van der Waals surface area (Å²) in [5.41, 5.74) is 2.21. The summed E-state index contributed by atoms with van der Waals surface area (Å²) in [5, 5.41) is 3.18. The molecule has 6 nitrogen and oxygen atoms in total. The molecule has 0 atom stereocenters. The van der Waals surface area contributed by atoms with Gasteiger partial charge in [-0.15, -0.1) is 0 Å². The van der Waals surface area contributed by atoms with Gasteiger partial charge in [0, 0.05) is 24.0 Å². The Bertz CT molecular complexity index is 727. The zero-order valence-corrected chi connectivity index (χ0v) is 13.7. The van der Waals surface area contributed by atoms with Crippen LogP contribution in [0, 0.1) is 5.92 Å². The highest BCUT2D eigenvalue weighted by Crippen LogP contribution is 2.20. The van der Waals surface area contributed by atoms with Gasteiger partial charge in [0.25, 0.3) is 0 Å². The van der Waals surface area contributed by atoms with Crippen molar-refractivity contribution in [3.63, 3.8) is 0 Å². The molecule has 2 N–H and O–H groups in total. The molecule has 0 amide bonds.